The first-order chi connectivity index (χ1) is 10.0. The average molecular weight is 291 g/mol. The molecule has 0 radical (unpaired) electrons. The third kappa shape index (κ3) is 4.19. The van der Waals surface area contributed by atoms with Crippen molar-refractivity contribution in [3.8, 4) is 5.75 Å². The summed E-state index contributed by atoms with van der Waals surface area (Å²) in [5.41, 5.74) is 8.82. The zero-order valence-electron chi connectivity index (χ0n) is 13.8. The van der Waals surface area contributed by atoms with Crippen molar-refractivity contribution in [2.24, 2.45) is 5.73 Å². The van der Waals surface area contributed by atoms with Gasteiger partial charge in [-0.3, -0.25) is 4.90 Å². The second-order valence-corrected chi connectivity index (χ2v) is 6.31. The van der Waals surface area contributed by atoms with E-state index in [0.29, 0.717) is 6.04 Å². The Labute approximate surface area is 128 Å². The van der Waals surface area contributed by atoms with E-state index in [0.717, 1.165) is 30.9 Å². The van der Waals surface area contributed by atoms with Crippen LogP contribution in [-0.4, -0.2) is 56.2 Å². The first kappa shape index (κ1) is 16.3. The van der Waals surface area contributed by atoms with Crippen molar-refractivity contribution in [3.63, 3.8) is 0 Å². The van der Waals surface area contributed by atoms with Gasteiger partial charge in [0, 0.05) is 30.7 Å². The Balaban J connectivity index is 2.10. The molecule has 0 spiro atoms. The second-order valence-electron chi connectivity index (χ2n) is 6.31. The number of rotatable bonds is 4. The van der Waals surface area contributed by atoms with E-state index < -0.39 is 0 Å². The Morgan fingerprint density at radius 2 is 2.14 bits per heavy atom. The summed E-state index contributed by atoms with van der Waals surface area (Å²) >= 11 is 0. The number of likely N-dealkylation sites (N-methyl/N-ethyl adjacent to an activating group) is 1. The maximum Gasteiger partial charge on any atom is 0.123 e. The number of hydrogen-bond donors (Lipinski definition) is 1. The van der Waals surface area contributed by atoms with E-state index in [4.69, 9.17) is 10.5 Å². The van der Waals surface area contributed by atoms with Crippen molar-refractivity contribution >= 4 is 0 Å². The van der Waals surface area contributed by atoms with Crippen LogP contribution in [0.15, 0.2) is 18.2 Å². The van der Waals surface area contributed by atoms with Gasteiger partial charge in [0.1, 0.15) is 5.75 Å². The van der Waals surface area contributed by atoms with Gasteiger partial charge in [-0.1, -0.05) is 17.7 Å². The summed E-state index contributed by atoms with van der Waals surface area (Å²) in [5.74, 6) is 0.896. The largest absolute Gasteiger partial charge is 0.496 e. The molecule has 2 rings (SSSR count). The SMILES string of the molecule is COc1ccc(C)cc1C(N)CN1CCCN(C)CC1C. The number of nitrogens with zero attached hydrogens (tertiary/aromatic N) is 2. The molecule has 1 aromatic rings. The molecule has 1 aromatic carbocycles. The van der Waals surface area contributed by atoms with Crippen molar-refractivity contribution < 1.29 is 4.74 Å². The van der Waals surface area contributed by atoms with Crippen LogP contribution in [0.2, 0.25) is 0 Å². The lowest BCUT2D eigenvalue weighted by molar-refractivity contribution is 0.191. The predicted octanol–water partition coefficient (Wildman–Crippen LogP) is 2.03. The fraction of sp³-hybridized carbons (Fsp3) is 0.647. The molecule has 1 saturated heterocycles. The summed E-state index contributed by atoms with van der Waals surface area (Å²) < 4.78 is 5.47. The highest BCUT2D eigenvalue weighted by atomic mass is 16.5. The van der Waals surface area contributed by atoms with Gasteiger partial charge < -0.3 is 15.4 Å². The lowest BCUT2D eigenvalue weighted by Crippen LogP contribution is -2.41. The fourth-order valence-corrected chi connectivity index (χ4v) is 3.19. The van der Waals surface area contributed by atoms with Gasteiger partial charge in [-0.05, 0) is 46.5 Å². The van der Waals surface area contributed by atoms with Crippen molar-refractivity contribution in [1.82, 2.24) is 9.80 Å². The molecule has 2 atom stereocenters. The highest BCUT2D eigenvalue weighted by molar-refractivity contribution is 5.39. The van der Waals surface area contributed by atoms with Gasteiger partial charge in [-0.25, -0.2) is 0 Å². The molecule has 0 aromatic heterocycles. The molecule has 1 fully saturated rings. The van der Waals surface area contributed by atoms with Gasteiger partial charge in [0.25, 0.3) is 0 Å². The monoisotopic (exact) mass is 291 g/mol. The van der Waals surface area contributed by atoms with E-state index in [9.17, 15) is 0 Å². The lowest BCUT2D eigenvalue weighted by Gasteiger charge is -2.30. The van der Waals surface area contributed by atoms with Gasteiger partial charge >= 0.3 is 0 Å². The molecule has 4 nitrogen and oxygen atoms in total. The minimum atomic E-state index is -0.00861. The van der Waals surface area contributed by atoms with E-state index in [1.807, 2.05) is 6.07 Å². The van der Waals surface area contributed by atoms with Crippen molar-refractivity contribution in [3.05, 3.63) is 29.3 Å². The molecule has 1 heterocycles. The molecule has 0 aliphatic carbocycles. The molecule has 2 unspecified atom stereocenters. The molecule has 1 aliphatic heterocycles. The number of aryl methyl sites for hydroxylation is 1. The first-order valence-electron chi connectivity index (χ1n) is 7.84. The van der Waals surface area contributed by atoms with E-state index in [1.165, 1.54) is 18.5 Å². The molecule has 0 bridgehead atoms. The highest BCUT2D eigenvalue weighted by Crippen LogP contribution is 2.26. The highest BCUT2D eigenvalue weighted by Gasteiger charge is 2.23. The molecule has 1 aliphatic rings. The summed E-state index contributed by atoms with van der Waals surface area (Å²) in [4.78, 5) is 4.92. The summed E-state index contributed by atoms with van der Waals surface area (Å²) in [6.45, 7) is 8.67. The summed E-state index contributed by atoms with van der Waals surface area (Å²) in [6, 6.07) is 6.77. The summed E-state index contributed by atoms with van der Waals surface area (Å²) in [6.07, 6.45) is 1.21. The van der Waals surface area contributed by atoms with Crippen LogP contribution in [-0.2, 0) is 0 Å². The zero-order chi connectivity index (χ0) is 15.4. The molecule has 0 amide bonds. The molecule has 21 heavy (non-hydrogen) atoms. The van der Waals surface area contributed by atoms with Gasteiger partial charge in [-0.2, -0.15) is 0 Å². The van der Waals surface area contributed by atoms with Gasteiger partial charge in [0.05, 0.1) is 7.11 Å². The summed E-state index contributed by atoms with van der Waals surface area (Å²) in [5, 5.41) is 0. The van der Waals surface area contributed by atoms with Gasteiger partial charge in [0.15, 0.2) is 0 Å². The van der Waals surface area contributed by atoms with Gasteiger partial charge in [-0.15, -0.1) is 0 Å². The van der Waals surface area contributed by atoms with Crippen LogP contribution in [0.4, 0.5) is 0 Å². The number of hydrogen-bond acceptors (Lipinski definition) is 4. The number of nitrogens with two attached hydrogens (primary N) is 1. The quantitative estimate of drug-likeness (QED) is 0.921. The second kappa shape index (κ2) is 7.25. The molecular weight excluding hydrogens is 262 g/mol. The van der Waals surface area contributed by atoms with Crippen LogP contribution in [0, 0.1) is 6.92 Å². The molecule has 2 N–H and O–H groups in total. The van der Waals surface area contributed by atoms with Crippen LogP contribution >= 0.6 is 0 Å². The average Bonchev–Trinajstić information content (AvgIpc) is 2.60. The van der Waals surface area contributed by atoms with Crippen LogP contribution in [0.1, 0.15) is 30.5 Å². The van der Waals surface area contributed by atoms with E-state index >= 15 is 0 Å². The van der Waals surface area contributed by atoms with Crippen molar-refractivity contribution in [2.45, 2.75) is 32.4 Å². The Bertz CT molecular complexity index is 463. The van der Waals surface area contributed by atoms with E-state index in [2.05, 4.69) is 42.8 Å². The third-order valence-electron chi connectivity index (χ3n) is 4.40. The maximum atomic E-state index is 6.48. The van der Waals surface area contributed by atoms with E-state index in [1.54, 1.807) is 7.11 Å². The first-order valence-corrected chi connectivity index (χ1v) is 7.84. The van der Waals surface area contributed by atoms with Crippen LogP contribution in [0.3, 0.4) is 0 Å². The number of methoxy groups -OCH3 is 1. The van der Waals surface area contributed by atoms with Crippen LogP contribution in [0.25, 0.3) is 0 Å². The molecule has 4 heteroatoms. The third-order valence-corrected chi connectivity index (χ3v) is 4.40. The molecule has 118 valence electrons. The minimum absolute atomic E-state index is 0.00861. The predicted molar refractivity (Wildman–Crippen MR) is 87.8 cm³/mol. The standard InChI is InChI=1S/C17H29N3O/c1-13-6-7-17(21-4)15(10-13)16(18)12-20-9-5-8-19(3)11-14(20)2/h6-7,10,14,16H,5,8-9,11-12,18H2,1-4H3. The Kier molecular flexibility index (Phi) is 5.62. The van der Waals surface area contributed by atoms with Crippen LogP contribution in [0.5, 0.6) is 5.75 Å². The smallest absolute Gasteiger partial charge is 0.123 e. The number of ether oxygens (including phenoxy) is 1. The Morgan fingerprint density at radius 3 is 2.86 bits per heavy atom. The minimum Gasteiger partial charge on any atom is -0.496 e. The fourth-order valence-electron chi connectivity index (χ4n) is 3.19. The Hall–Kier alpha value is -1.10. The maximum absolute atomic E-state index is 6.48. The van der Waals surface area contributed by atoms with Crippen molar-refractivity contribution in [1.29, 1.82) is 0 Å². The topological polar surface area (TPSA) is 41.7 Å². The molecular formula is C17H29N3O. The number of benzene rings is 1. The van der Waals surface area contributed by atoms with Crippen molar-refractivity contribution in [2.75, 3.05) is 40.3 Å². The molecule has 0 saturated carbocycles. The normalized spacial score (nSPS) is 22.8. The Morgan fingerprint density at radius 1 is 1.38 bits per heavy atom. The van der Waals surface area contributed by atoms with Crippen LogP contribution < -0.4 is 10.5 Å². The lowest BCUT2D eigenvalue weighted by atomic mass is 10.0. The van der Waals surface area contributed by atoms with Gasteiger partial charge in [0.2, 0.25) is 0 Å². The van der Waals surface area contributed by atoms with E-state index in [-0.39, 0.29) is 6.04 Å². The summed E-state index contributed by atoms with van der Waals surface area (Å²) in [7, 11) is 3.91. The zero-order valence-corrected chi connectivity index (χ0v) is 13.8.